The van der Waals surface area contributed by atoms with Crippen molar-refractivity contribution < 1.29 is 24.6 Å². The summed E-state index contributed by atoms with van der Waals surface area (Å²) in [4.78, 5) is 42.2. The molecule has 172 valence electrons. The Morgan fingerprint density at radius 3 is 2.21 bits per heavy atom. The summed E-state index contributed by atoms with van der Waals surface area (Å²) in [7, 11) is 0. The number of hydrogen-bond donors (Lipinski definition) is 2. The van der Waals surface area contributed by atoms with Gasteiger partial charge < -0.3 is 20.0 Å². The van der Waals surface area contributed by atoms with Crippen molar-refractivity contribution in [3.05, 3.63) is 48.0 Å². The van der Waals surface area contributed by atoms with Gasteiger partial charge in [0.1, 0.15) is 0 Å². The average molecular weight is 450 g/mol. The zero-order valence-corrected chi connectivity index (χ0v) is 18.5. The molecule has 2 fully saturated rings. The van der Waals surface area contributed by atoms with Crippen LogP contribution in [0.25, 0.3) is 11.1 Å². The van der Waals surface area contributed by atoms with Crippen LogP contribution in [0.5, 0.6) is 0 Å². The van der Waals surface area contributed by atoms with Gasteiger partial charge in [-0.25, -0.2) is 4.79 Å². The highest BCUT2D eigenvalue weighted by Crippen LogP contribution is 2.42. The molecule has 1 saturated heterocycles. The number of carbonyl (C=O) groups is 3. The van der Waals surface area contributed by atoms with E-state index in [2.05, 4.69) is 0 Å². The van der Waals surface area contributed by atoms with E-state index in [0.29, 0.717) is 36.4 Å². The number of β-amino-alcohol motifs (C(OH)–C–C–N with tert-alkyl or cyclic N) is 1. The van der Waals surface area contributed by atoms with Gasteiger partial charge in [-0.15, -0.1) is 0 Å². The van der Waals surface area contributed by atoms with Gasteiger partial charge in [0.05, 0.1) is 23.5 Å². The summed E-state index contributed by atoms with van der Waals surface area (Å²) >= 11 is 0. The molecule has 5 rings (SSSR count). The molecule has 3 aliphatic rings. The molecular weight excluding hydrogens is 422 g/mol. The number of amides is 3. The minimum Gasteiger partial charge on any atom is -0.465 e. The highest BCUT2D eigenvalue weighted by molar-refractivity contribution is 6.05. The number of carbonyl (C=O) groups excluding carboxylic acids is 2. The lowest BCUT2D eigenvalue weighted by Gasteiger charge is -2.40. The molecule has 3 amide bonds. The first kappa shape index (κ1) is 21.5. The Hall–Kier alpha value is -3.39. The summed E-state index contributed by atoms with van der Waals surface area (Å²) in [6.45, 7) is 3.00. The van der Waals surface area contributed by atoms with Crippen molar-refractivity contribution in [3.63, 3.8) is 0 Å². The molecule has 2 N–H and O–H groups in total. The number of hydrogen-bond acceptors (Lipinski definition) is 4. The maximum Gasteiger partial charge on any atom is 0.411 e. The van der Waals surface area contributed by atoms with Crippen LogP contribution >= 0.6 is 0 Å². The maximum absolute atomic E-state index is 12.9. The van der Waals surface area contributed by atoms with Crippen molar-refractivity contribution in [2.24, 2.45) is 5.92 Å². The van der Waals surface area contributed by atoms with Crippen LogP contribution in [0.4, 0.5) is 16.2 Å². The number of likely N-dealkylation sites (tertiary alicyclic amines) is 1. The van der Waals surface area contributed by atoms with Gasteiger partial charge in [0.25, 0.3) is 5.91 Å². The van der Waals surface area contributed by atoms with Gasteiger partial charge in [0.15, 0.2) is 0 Å². The monoisotopic (exact) mass is 449 g/mol. The fourth-order valence-electron chi connectivity index (χ4n) is 4.76. The summed E-state index contributed by atoms with van der Waals surface area (Å²) in [6.07, 6.45) is 0.861. The van der Waals surface area contributed by atoms with Crippen molar-refractivity contribution in [2.75, 3.05) is 29.4 Å². The number of anilines is 2. The van der Waals surface area contributed by atoms with Crippen LogP contribution in [0.1, 0.15) is 36.5 Å². The molecular formula is C25H27N3O5. The lowest BCUT2D eigenvalue weighted by Crippen LogP contribution is -2.52. The van der Waals surface area contributed by atoms with Crippen LogP contribution < -0.4 is 9.80 Å². The Balaban J connectivity index is 1.45. The van der Waals surface area contributed by atoms with E-state index in [1.54, 1.807) is 28.0 Å². The van der Waals surface area contributed by atoms with E-state index < -0.39 is 12.2 Å². The van der Waals surface area contributed by atoms with E-state index in [0.717, 1.165) is 24.0 Å². The predicted molar refractivity (Wildman–Crippen MR) is 123 cm³/mol. The second-order valence-electron chi connectivity index (χ2n) is 9.20. The number of carboxylic acid groups (broad SMARTS) is 1. The molecule has 0 spiro atoms. The first-order chi connectivity index (χ1) is 15.8. The maximum atomic E-state index is 12.9. The smallest absolute Gasteiger partial charge is 0.411 e. The van der Waals surface area contributed by atoms with E-state index in [4.69, 9.17) is 0 Å². The number of aliphatic hydroxyl groups is 1. The molecule has 0 bridgehead atoms. The lowest BCUT2D eigenvalue weighted by atomic mass is 9.99. The number of rotatable bonds is 3. The second-order valence-corrected chi connectivity index (χ2v) is 9.20. The van der Waals surface area contributed by atoms with Crippen LogP contribution in [0.15, 0.2) is 42.5 Å². The molecule has 8 heteroatoms. The molecule has 2 aromatic rings. The third-order valence-electron chi connectivity index (χ3n) is 6.72. The van der Waals surface area contributed by atoms with Crippen molar-refractivity contribution >= 4 is 29.3 Å². The molecule has 8 nitrogen and oxygen atoms in total. The van der Waals surface area contributed by atoms with E-state index in [9.17, 15) is 24.6 Å². The highest BCUT2D eigenvalue weighted by atomic mass is 16.4. The van der Waals surface area contributed by atoms with Gasteiger partial charge in [-0.2, -0.15) is 0 Å². The predicted octanol–water partition coefficient (Wildman–Crippen LogP) is 3.19. The van der Waals surface area contributed by atoms with Crippen LogP contribution in [0.3, 0.4) is 0 Å². The first-order valence-corrected chi connectivity index (χ1v) is 11.4. The summed E-state index contributed by atoms with van der Waals surface area (Å²) < 4.78 is 0. The quantitative estimate of drug-likeness (QED) is 0.750. The van der Waals surface area contributed by atoms with E-state index in [1.165, 1.54) is 4.90 Å². The molecule has 0 unspecified atom stereocenters. The van der Waals surface area contributed by atoms with Gasteiger partial charge in [0.2, 0.25) is 5.91 Å². The van der Waals surface area contributed by atoms with Crippen LogP contribution in [0, 0.1) is 5.92 Å². The minimum absolute atomic E-state index is 0.0400. The van der Waals surface area contributed by atoms with Crippen molar-refractivity contribution in [3.8, 4) is 11.1 Å². The minimum atomic E-state index is -1.05. The Labute approximate surface area is 192 Å². The van der Waals surface area contributed by atoms with Crippen molar-refractivity contribution in [1.82, 2.24) is 4.90 Å². The van der Waals surface area contributed by atoms with Gasteiger partial charge >= 0.3 is 6.09 Å². The molecule has 0 aromatic heterocycles. The topological polar surface area (TPSA) is 101 Å². The van der Waals surface area contributed by atoms with Gasteiger partial charge in [0, 0.05) is 31.1 Å². The second kappa shape index (κ2) is 8.19. The summed E-state index contributed by atoms with van der Waals surface area (Å²) in [6, 6.07) is 12.5. The van der Waals surface area contributed by atoms with Gasteiger partial charge in [-0.05, 0) is 61.6 Å². The SMILES string of the molecule is C[C@H]1CN(C(=O)O)c2cc(-c3ccc(C(=O)N4CC[C@H](O)C4)cc3)ccc2N1C(=O)C1CC1. The van der Waals surface area contributed by atoms with E-state index >= 15 is 0 Å². The van der Waals surface area contributed by atoms with Crippen molar-refractivity contribution in [1.29, 1.82) is 0 Å². The van der Waals surface area contributed by atoms with Gasteiger partial charge in [-0.3, -0.25) is 14.5 Å². The normalized spacial score (nSPS) is 22.3. The van der Waals surface area contributed by atoms with Crippen LogP contribution in [-0.2, 0) is 4.79 Å². The average Bonchev–Trinajstić information content (AvgIpc) is 3.58. The molecule has 2 aromatic carbocycles. The molecule has 2 heterocycles. The summed E-state index contributed by atoms with van der Waals surface area (Å²) in [5.41, 5.74) is 3.33. The van der Waals surface area contributed by atoms with Crippen molar-refractivity contribution in [2.45, 2.75) is 38.3 Å². The lowest BCUT2D eigenvalue weighted by molar-refractivity contribution is -0.120. The van der Waals surface area contributed by atoms with E-state index in [-0.39, 0.29) is 30.3 Å². The largest absolute Gasteiger partial charge is 0.465 e. The van der Waals surface area contributed by atoms with E-state index in [1.807, 2.05) is 31.2 Å². The third kappa shape index (κ3) is 3.95. The highest BCUT2D eigenvalue weighted by Gasteiger charge is 2.41. The molecule has 33 heavy (non-hydrogen) atoms. The fourth-order valence-corrected chi connectivity index (χ4v) is 4.76. The summed E-state index contributed by atoms with van der Waals surface area (Å²) in [5, 5.41) is 19.5. The van der Waals surface area contributed by atoms with Crippen LogP contribution in [0.2, 0.25) is 0 Å². The number of benzene rings is 2. The Morgan fingerprint density at radius 1 is 0.909 bits per heavy atom. The zero-order valence-electron chi connectivity index (χ0n) is 18.5. The molecule has 0 radical (unpaired) electrons. The molecule has 2 aliphatic heterocycles. The molecule has 1 saturated carbocycles. The Kier molecular flexibility index (Phi) is 5.32. The number of aliphatic hydroxyl groups excluding tert-OH is 1. The van der Waals surface area contributed by atoms with Crippen LogP contribution in [-0.4, -0.2) is 64.8 Å². The third-order valence-corrected chi connectivity index (χ3v) is 6.72. The molecule has 1 aliphatic carbocycles. The number of fused-ring (bicyclic) bond motifs is 1. The standard InChI is InChI=1S/C25H27N3O5/c1-15-13-27(25(32)33)22-12-19(8-9-21(22)28(15)24(31)18-6-7-18)16-2-4-17(5-3-16)23(30)26-11-10-20(29)14-26/h2-5,8-9,12,15,18,20,29H,6-7,10-11,13-14H2,1H3,(H,32,33)/t15-,20-/m0/s1. The molecule has 2 atom stereocenters. The summed E-state index contributed by atoms with van der Waals surface area (Å²) in [5.74, 6) is -0.00148. The zero-order chi connectivity index (χ0) is 23.3. The number of nitrogens with zero attached hydrogens (tertiary/aromatic N) is 3. The Bertz CT molecular complexity index is 1110. The fraction of sp³-hybridized carbons (Fsp3) is 0.400. The first-order valence-electron chi connectivity index (χ1n) is 11.4. The van der Waals surface area contributed by atoms with Gasteiger partial charge in [-0.1, -0.05) is 18.2 Å². The Morgan fingerprint density at radius 2 is 1.61 bits per heavy atom.